The number of alkyl halides is 1. The van der Waals surface area contributed by atoms with Crippen LogP contribution in [0.3, 0.4) is 0 Å². The summed E-state index contributed by atoms with van der Waals surface area (Å²) < 4.78 is 25.5. The quantitative estimate of drug-likeness (QED) is 0.802. The van der Waals surface area contributed by atoms with Crippen LogP contribution in [0.5, 0.6) is 0 Å². The Morgan fingerprint density at radius 1 is 1.37 bits per heavy atom. The van der Waals surface area contributed by atoms with Gasteiger partial charge in [-0.15, -0.1) is 11.6 Å². The summed E-state index contributed by atoms with van der Waals surface area (Å²) in [5, 5.41) is 1.86. The molecule has 2 aromatic rings. The van der Waals surface area contributed by atoms with Gasteiger partial charge in [-0.25, -0.2) is 18.1 Å². The van der Waals surface area contributed by atoms with Crippen LogP contribution in [0.1, 0.15) is 5.82 Å². The number of rotatable bonds is 4. The minimum atomic E-state index is -3.30. The molecule has 1 aromatic heterocycles. The van der Waals surface area contributed by atoms with Crippen molar-refractivity contribution < 1.29 is 8.42 Å². The van der Waals surface area contributed by atoms with E-state index in [1.165, 1.54) is 6.26 Å². The first-order valence-corrected chi connectivity index (χ1v) is 8.23. The van der Waals surface area contributed by atoms with Gasteiger partial charge in [0.25, 0.3) is 0 Å². The smallest absolute Gasteiger partial charge is 0.177 e. The first-order chi connectivity index (χ1) is 8.86. The number of fused-ring (bicyclic) bond motifs is 1. The molecule has 1 aromatic carbocycles. The zero-order valence-corrected chi connectivity index (χ0v) is 12.7. The second-order valence-electron chi connectivity index (χ2n) is 4.52. The average molecular weight is 302 g/mol. The molecule has 19 heavy (non-hydrogen) atoms. The van der Waals surface area contributed by atoms with E-state index in [0.717, 1.165) is 11.3 Å². The maximum atomic E-state index is 11.8. The molecule has 0 amide bonds. The van der Waals surface area contributed by atoms with Crippen LogP contribution in [0.4, 0.5) is 0 Å². The van der Waals surface area contributed by atoms with Crippen molar-refractivity contribution in [3.63, 3.8) is 0 Å². The molecule has 0 aliphatic rings. The minimum absolute atomic E-state index is 0.251. The number of hydrogen-bond acceptors (Lipinski definition) is 4. The Morgan fingerprint density at radius 3 is 2.58 bits per heavy atom. The minimum Gasteiger partial charge on any atom is -0.317 e. The van der Waals surface area contributed by atoms with Gasteiger partial charge >= 0.3 is 0 Å². The van der Waals surface area contributed by atoms with Gasteiger partial charge < -0.3 is 5.01 Å². The van der Waals surface area contributed by atoms with Crippen LogP contribution in [-0.4, -0.2) is 44.3 Å². The first-order valence-electron chi connectivity index (χ1n) is 5.80. The Morgan fingerprint density at radius 2 is 2.05 bits per heavy atom. The molecule has 1 heterocycles. The van der Waals surface area contributed by atoms with Crippen LogP contribution in [0.15, 0.2) is 23.1 Å². The van der Waals surface area contributed by atoms with Gasteiger partial charge in [0.15, 0.2) is 9.84 Å². The SMILES string of the molecule is CN(C)n1c(CCCl)nc2c(S(C)(=O)=O)cccc21. The van der Waals surface area contributed by atoms with Crippen molar-refractivity contribution in [3.8, 4) is 0 Å². The fraction of sp³-hybridized carbons (Fsp3) is 0.417. The molecule has 0 saturated heterocycles. The molecule has 0 radical (unpaired) electrons. The van der Waals surface area contributed by atoms with E-state index in [1.54, 1.807) is 12.1 Å². The van der Waals surface area contributed by atoms with Crippen LogP contribution in [0.2, 0.25) is 0 Å². The summed E-state index contributed by atoms with van der Waals surface area (Å²) in [4.78, 5) is 4.70. The number of aryl methyl sites for hydroxylation is 1. The van der Waals surface area contributed by atoms with Crippen molar-refractivity contribution in [1.82, 2.24) is 9.66 Å². The van der Waals surface area contributed by atoms with Gasteiger partial charge in [0.05, 0.1) is 10.4 Å². The normalized spacial score (nSPS) is 12.0. The molecule has 0 saturated carbocycles. The van der Waals surface area contributed by atoms with Gasteiger partial charge in [0.2, 0.25) is 0 Å². The van der Waals surface area contributed by atoms with E-state index in [1.807, 2.05) is 29.8 Å². The molecular formula is C12H16ClN3O2S. The lowest BCUT2D eigenvalue weighted by atomic mass is 10.3. The third kappa shape index (κ3) is 2.55. The van der Waals surface area contributed by atoms with Crippen LogP contribution in [-0.2, 0) is 16.3 Å². The van der Waals surface area contributed by atoms with Gasteiger partial charge in [0.1, 0.15) is 11.3 Å². The maximum absolute atomic E-state index is 11.8. The molecule has 2 rings (SSSR count). The number of nitrogens with zero attached hydrogens (tertiary/aromatic N) is 3. The number of sulfone groups is 1. The van der Waals surface area contributed by atoms with Crippen molar-refractivity contribution in [2.75, 3.05) is 31.2 Å². The molecule has 104 valence electrons. The third-order valence-electron chi connectivity index (χ3n) is 2.81. The van der Waals surface area contributed by atoms with E-state index in [4.69, 9.17) is 11.6 Å². The Bertz CT molecular complexity index is 707. The summed E-state index contributed by atoms with van der Waals surface area (Å²) in [6.07, 6.45) is 1.77. The Hall–Kier alpha value is -1.27. The van der Waals surface area contributed by atoms with E-state index in [0.29, 0.717) is 17.8 Å². The Balaban J connectivity index is 2.83. The predicted molar refractivity (Wildman–Crippen MR) is 77.3 cm³/mol. The van der Waals surface area contributed by atoms with Gasteiger partial charge in [-0.1, -0.05) is 6.07 Å². The summed E-state index contributed by atoms with van der Waals surface area (Å²) in [6.45, 7) is 0. The number of halogens is 1. The molecule has 0 N–H and O–H groups in total. The number of hydrogen-bond donors (Lipinski definition) is 0. The lowest BCUT2D eigenvalue weighted by Gasteiger charge is -2.17. The van der Waals surface area contributed by atoms with Crippen LogP contribution in [0, 0.1) is 0 Å². The second kappa shape index (κ2) is 5.02. The average Bonchev–Trinajstić information content (AvgIpc) is 2.65. The maximum Gasteiger partial charge on any atom is 0.177 e. The summed E-state index contributed by atoms with van der Waals surface area (Å²) in [5.41, 5.74) is 1.27. The highest BCUT2D eigenvalue weighted by atomic mass is 35.5. The molecule has 0 unspecified atom stereocenters. The van der Waals surface area contributed by atoms with Crippen molar-refractivity contribution in [2.45, 2.75) is 11.3 Å². The molecule has 7 heteroatoms. The van der Waals surface area contributed by atoms with E-state index >= 15 is 0 Å². The molecule has 0 bridgehead atoms. The van der Waals surface area contributed by atoms with Gasteiger partial charge in [-0.05, 0) is 12.1 Å². The van der Waals surface area contributed by atoms with Crippen LogP contribution in [0.25, 0.3) is 11.0 Å². The molecular weight excluding hydrogens is 286 g/mol. The monoisotopic (exact) mass is 301 g/mol. The van der Waals surface area contributed by atoms with Gasteiger partial charge in [0, 0.05) is 32.7 Å². The third-order valence-corrected chi connectivity index (χ3v) is 4.13. The lowest BCUT2D eigenvalue weighted by Crippen LogP contribution is -2.27. The van der Waals surface area contributed by atoms with Crippen LogP contribution < -0.4 is 5.01 Å². The predicted octanol–water partition coefficient (Wildman–Crippen LogP) is 1.42. The number of aromatic nitrogens is 2. The highest BCUT2D eigenvalue weighted by Crippen LogP contribution is 2.24. The second-order valence-corrected chi connectivity index (χ2v) is 6.88. The molecule has 0 aliphatic heterocycles. The standard InChI is InChI=1S/C12H16ClN3O2S/c1-15(2)16-9-5-4-6-10(19(3,17)18)12(9)14-11(16)7-8-13/h4-6H,7-8H2,1-3H3. The largest absolute Gasteiger partial charge is 0.317 e. The van der Waals surface area contributed by atoms with Crippen molar-refractivity contribution >= 4 is 32.5 Å². The van der Waals surface area contributed by atoms with E-state index in [2.05, 4.69) is 4.98 Å². The lowest BCUT2D eigenvalue weighted by molar-refractivity contribution is 0.602. The Kier molecular flexibility index (Phi) is 3.73. The van der Waals surface area contributed by atoms with Crippen LogP contribution >= 0.6 is 11.6 Å². The van der Waals surface area contributed by atoms with E-state index in [9.17, 15) is 8.42 Å². The summed E-state index contributed by atoms with van der Waals surface area (Å²) in [6, 6.07) is 5.16. The molecule has 0 spiro atoms. The number of para-hydroxylation sites is 1. The molecule has 5 nitrogen and oxygen atoms in total. The highest BCUT2D eigenvalue weighted by Gasteiger charge is 2.19. The fourth-order valence-corrected chi connectivity index (χ4v) is 3.10. The zero-order valence-electron chi connectivity index (χ0n) is 11.1. The summed E-state index contributed by atoms with van der Waals surface area (Å²) in [7, 11) is 0.461. The zero-order chi connectivity index (χ0) is 14.2. The Labute approximate surface area is 117 Å². The van der Waals surface area contributed by atoms with Gasteiger partial charge in [-0.2, -0.15) is 0 Å². The number of benzene rings is 1. The van der Waals surface area contributed by atoms with E-state index in [-0.39, 0.29) is 4.90 Å². The van der Waals surface area contributed by atoms with Crippen molar-refractivity contribution in [2.24, 2.45) is 0 Å². The van der Waals surface area contributed by atoms with Gasteiger partial charge in [-0.3, -0.25) is 0 Å². The summed E-state index contributed by atoms with van der Waals surface area (Å²) in [5.74, 6) is 1.19. The number of imidazole rings is 1. The molecule has 0 fully saturated rings. The van der Waals surface area contributed by atoms with E-state index < -0.39 is 9.84 Å². The summed E-state index contributed by atoms with van der Waals surface area (Å²) >= 11 is 5.78. The topological polar surface area (TPSA) is 55.2 Å². The highest BCUT2D eigenvalue weighted by molar-refractivity contribution is 7.91. The first kappa shape index (κ1) is 14.1. The molecule has 0 aliphatic carbocycles. The van der Waals surface area contributed by atoms with Crippen molar-refractivity contribution in [1.29, 1.82) is 0 Å². The molecule has 0 atom stereocenters. The fourth-order valence-electron chi connectivity index (χ4n) is 2.10. The van der Waals surface area contributed by atoms with Crippen molar-refractivity contribution in [3.05, 3.63) is 24.0 Å².